The Balaban J connectivity index is 1.15. The first-order valence-electron chi connectivity index (χ1n) is 12.6. The number of ether oxygens (including phenoxy) is 1. The summed E-state index contributed by atoms with van der Waals surface area (Å²) >= 11 is 0. The number of aliphatic hydroxyl groups excluding tert-OH is 1. The summed E-state index contributed by atoms with van der Waals surface area (Å²) < 4.78 is 7.01. The molecular weight excluding hydrogens is 456 g/mol. The third-order valence-corrected chi connectivity index (χ3v) is 7.24. The summed E-state index contributed by atoms with van der Waals surface area (Å²) in [5.41, 5.74) is 3.01. The van der Waals surface area contributed by atoms with Crippen molar-refractivity contribution in [3.63, 3.8) is 0 Å². The normalized spacial score (nSPS) is 18.1. The fourth-order valence-corrected chi connectivity index (χ4v) is 5.01. The molecule has 2 N–H and O–H groups in total. The Morgan fingerprint density at radius 3 is 2.36 bits per heavy atom. The highest BCUT2D eigenvalue weighted by Gasteiger charge is 2.28. The second kappa shape index (κ2) is 11.1. The first kappa shape index (κ1) is 24.2. The van der Waals surface area contributed by atoms with Crippen molar-refractivity contribution in [3.8, 4) is 5.69 Å². The first-order chi connectivity index (χ1) is 17.6. The van der Waals surface area contributed by atoms with E-state index in [0.717, 1.165) is 36.9 Å². The number of benzene rings is 2. The van der Waals surface area contributed by atoms with Gasteiger partial charge in [0.25, 0.3) is 5.91 Å². The molecule has 1 unspecified atom stereocenters. The Bertz CT molecular complexity index is 1160. The molecule has 2 saturated heterocycles. The highest BCUT2D eigenvalue weighted by molar-refractivity contribution is 5.94. The maximum atomic E-state index is 13.1. The largest absolute Gasteiger partial charge is 0.388 e. The predicted octanol–water partition coefficient (Wildman–Crippen LogP) is 3.82. The second-order valence-corrected chi connectivity index (χ2v) is 9.58. The number of piperidine rings is 1. The number of amides is 2. The summed E-state index contributed by atoms with van der Waals surface area (Å²) in [6.45, 7) is 2.50. The first-order valence-corrected chi connectivity index (χ1v) is 12.6. The van der Waals surface area contributed by atoms with Crippen molar-refractivity contribution in [1.29, 1.82) is 0 Å². The minimum Gasteiger partial charge on any atom is -0.388 e. The maximum absolute atomic E-state index is 13.1. The van der Waals surface area contributed by atoms with Gasteiger partial charge in [-0.05, 0) is 61.4 Å². The molecule has 5 rings (SSSR count). The minimum atomic E-state index is -0.497. The molecule has 2 amide bonds. The molecule has 0 radical (unpaired) electrons. The molecule has 0 saturated carbocycles. The number of nitrogens with one attached hydrogen (secondary N) is 1. The third-order valence-electron chi connectivity index (χ3n) is 7.24. The standard InChI is InChI=1S/C28H32N4O4/c33-26(20-4-2-1-3-5-20)21-10-14-31(15-11-21)28(35)23-6-8-25(9-7-23)32-19-24(18-29-32)30-27(34)22-12-16-36-17-13-22/h1-9,18-19,21-22,26,33H,10-17H2,(H,30,34). The minimum absolute atomic E-state index is 0.000852. The van der Waals surface area contributed by atoms with Crippen molar-refractivity contribution in [2.45, 2.75) is 31.8 Å². The van der Waals surface area contributed by atoms with Gasteiger partial charge in [0.15, 0.2) is 0 Å². The van der Waals surface area contributed by atoms with Crippen LogP contribution >= 0.6 is 0 Å². The lowest BCUT2D eigenvalue weighted by atomic mass is 9.87. The molecule has 3 heterocycles. The number of nitrogens with zero attached hydrogens (tertiary/aromatic N) is 3. The van der Waals surface area contributed by atoms with Crippen LogP contribution in [0.5, 0.6) is 0 Å². The van der Waals surface area contributed by atoms with Gasteiger partial charge >= 0.3 is 0 Å². The van der Waals surface area contributed by atoms with Gasteiger partial charge in [0.1, 0.15) is 0 Å². The highest BCUT2D eigenvalue weighted by atomic mass is 16.5. The van der Waals surface area contributed by atoms with E-state index in [4.69, 9.17) is 4.74 Å². The molecule has 8 nitrogen and oxygen atoms in total. The molecule has 2 aliphatic rings. The van der Waals surface area contributed by atoms with Crippen molar-refractivity contribution in [3.05, 3.63) is 78.1 Å². The summed E-state index contributed by atoms with van der Waals surface area (Å²) in [6, 6.07) is 17.1. The molecule has 188 valence electrons. The summed E-state index contributed by atoms with van der Waals surface area (Å²) in [4.78, 5) is 27.4. The molecule has 1 atom stereocenters. The zero-order valence-electron chi connectivity index (χ0n) is 20.3. The zero-order valence-corrected chi connectivity index (χ0v) is 20.3. The van der Waals surface area contributed by atoms with E-state index in [2.05, 4.69) is 10.4 Å². The molecular formula is C28H32N4O4. The van der Waals surface area contributed by atoms with Crippen molar-refractivity contribution < 1.29 is 19.4 Å². The summed E-state index contributed by atoms with van der Waals surface area (Å²) in [5, 5.41) is 18.0. The lowest BCUT2D eigenvalue weighted by Crippen LogP contribution is -2.39. The van der Waals surface area contributed by atoms with Gasteiger partial charge in [0.05, 0.1) is 29.9 Å². The summed E-state index contributed by atoms with van der Waals surface area (Å²) in [6.07, 6.45) is 5.93. The molecule has 2 aliphatic heterocycles. The van der Waals surface area contributed by atoms with E-state index in [1.165, 1.54) is 0 Å². The molecule has 0 bridgehead atoms. The van der Waals surface area contributed by atoms with Gasteiger partial charge in [-0.15, -0.1) is 0 Å². The number of carbonyl (C=O) groups excluding carboxylic acids is 2. The van der Waals surface area contributed by atoms with E-state index in [9.17, 15) is 14.7 Å². The number of hydrogen-bond acceptors (Lipinski definition) is 5. The molecule has 3 aromatic rings. The van der Waals surface area contributed by atoms with Gasteiger partial charge in [-0.1, -0.05) is 30.3 Å². The van der Waals surface area contributed by atoms with E-state index >= 15 is 0 Å². The van der Waals surface area contributed by atoms with Crippen LogP contribution in [-0.2, 0) is 9.53 Å². The lowest BCUT2D eigenvalue weighted by molar-refractivity contribution is -0.122. The molecule has 2 fully saturated rings. The maximum Gasteiger partial charge on any atom is 0.253 e. The quantitative estimate of drug-likeness (QED) is 0.550. The van der Waals surface area contributed by atoms with E-state index < -0.39 is 6.10 Å². The van der Waals surface area contributed by atoms with Gasteiger partial charge in [0, 0.05) is 37.8 Å². The second-order valence-electron chi connectivity index (χ2n) is 9.58. The number of aliphatic hydroxyl groups is 1. The molecule has 0 spiro atoms. The van der Waals surface area contributed by atoms with Crippen molar-refractivity contribution >= 4 is 17.5 Å². The Morgan fingerprint density at radius 2 is 1.67 bits per heavy atom. The van der Waals surface area contributed by atoms with Gasteiger partial charge in [-0.3, -0.25) is 9.59 Å². The summed E-state index contributed by atoms with van der Waals surface area (Å²) in [7, 11) is 0. The van der Waals surface area contributed by atoms with E-state index in [1.54, 1.807) is 17.1 Å². The Labute approximate surface area is 210 Å². The Hall–Kier alpha value is -3.49. The van der Waals surface area contributed by atoms with Crippen LogP contribution in [0, 0.1) is 11.8 Å². The van der Waals surface area contributed by atoms with Crippen molar-refractivity contribution in [2.24, 2.45) is 11.8 Å². The number of anilines is 1. The fraction of sp³-hybridized carbons (Fsp3) is 0.393. The van der Waals surface area contributed by atoms with Crippen molar-refractivity contribution in [2.75, 3.05) is 31.6 Å². The average Bonchev–Trinajstić information content (AvgIpc) is 3.42. The fourth-order valence-electron chi connectivity index (χ4n) is 5.01. The zero-order chi connectivity index (χ0) is 24.9. The van der Waals surface area contributed by atoms with E-state index in [-0.39, 0.29) is 23.7 Å². The van der Waals surface area contributed by atoms with Crippen LogP contribution in [0.4, 0.5) is 5.69 Å². The monoisotopic (exact) mass is 488 g/mol. The lowest BCUT2D eigenvalue weighted by Gasteiger charge is -2.34. The molecule has 36 heavy (non-hydrogen) atoms. The average molecular weight is 489 g/mol. The van der Waals surface area contributed by atoms with Crippen LogP contribution in [0.2, 0.25) is 0 Å². The smallest absolute Gasteiger partial charge is 0.253 e. The molecule has 1 aromatic heterocycles. The number of carbonyl (C=O) groups is 2. The SMILES string of the molecule is O=C(Nc1cnn(-c2ccc(C(=O)N3CCC(C(O)c4ccccc4)CC3)cc2)c1)C1CCOCC1. The number of aromatic nitrogens is 2. The van der Waals surface area contributed by atoms with Gasteiger partial charge in [0.2, 0.25) is 5.91 Å². The van der Waals surface area contributed by atoms with E-state index in [1.807, 2.05) is 59.5 Å². The van der Waals surface area contributed by atoms with Crippen LogP contribution in [0.3, 0.4) is 0 Å². The van der Waals surface area contributed by atoms with Crippen LogP contribution in [-0.4, -0.2) is 57.9 Å². The van der Waals surface area contributed by atoms with Crippen molar-refractivity contribution in [1.82, 2.24) is 14.7 Å². The van der Waals surface area contributed by atoms with Crippen LogP contribution in [0.25, 0.3) is 5.69 Å². The topological polar surface area (TPSA) is 96.7 Å². The van der Waals surface area contributed by atoms with Crippen LogP contribution in [0.1, 0.15) is 47.7 Å². The highest BCUT2D eigenvalue weighted by Crippen LogP contribution is 2.31. The van der Waals surface area contributed by atoms with Gasteiger partial charge < -0.3 is 20.1 Å². The van der Waals surface area contributed by atoms with Crippen LogP contribution < -0.4 is 5.32 Å². The van der Waals surface area contributed by atoms with Gasteiger partial charge in [-0.25, -0.2) is 4.68 Å². The Kier molecular flexibility index (Phi) is 7.44. The number of rotatable bonds is 6. The van der Waals surface area contributed by atoms with Gasteiger partial charge in [-0.2, -0.15) is 5.10 Å². The number of hydrogen-bond donors (Lipinski definition) is 2. The predicted molar refractivity (Wildman–Crippen MR) is 136 cm³/mol. The third kappa shape index (κ3) is 5.50. The van der Waals surface area contributed by atoms with Crippen LogP contribution in [0.15, 0.2) is 67.0 Å². The molecule has 8 heteroatoms. The molecule has 0 aliphatic carbocycles. The molecule has 2 aromatic carbocycles. The summed E-state index contributed by atoms with van der Waals surface area (Å²) in [5.74, 6) is 0.122. The number of likely N-dealkylation sites (tertiary alicyclic amines) is 1. The van der Waals surface area contributed by atoms with E-state index in [0.29, 0.717) is 37.6 Å². The Morgan fingerprint density at radius 1 is 0.972 bits per heavy atom.